The number of rotatable bonds is 5. The molecule has 0 unspecified atom stereocenters. The molecular weight excluding hydrogens is 330 g/mol. The fourth-order valence-electron chi connectivity index (χ4n) is 2.50. The number of hydrazone groups is 1. The van der Waals surface area contributed by atoms with Crippen molar-refractivity contribution in [2.45, 2.75) is 0 Å². The van der Waals surface area contributed by atoms with Gasteiger partial charge in [0.2, 0.25) is 0 Å². The Morgan fingerprint density at radius 3 is 2.62 bits per heavy atom. The van der Waals surface area contributed by atoms with Crippen LogP contribution in [0.1, 0.15) is 15.9 Å². The molecule has 0 saturated heterocycles. The fraction of sp³-hybridized carbons (Fsp3) is 0.0500. The number of fused-ring (bicyclic) bond motifs is 1. The third kappa shape index (κ3) is 4.24. The number of nitrogens with one attached hydrogen (secondary N) is 2. The molecule has 0 spiro atoms. The minimum atomic E-state index is -0.449. The van der Waals surface area contributed by atoms with Crippen LogP contribution in [0, 0.1) is 0 Å². The van der Waals surface area contributed by atoms with Crippen molar-refractivity contribution >= 4 is 28.8 Å². The van der Waals surface area contributed by atoms with Crippen LogP contribution in [0.5, 0.6) is 5.75 Å². The summed E-state index contributed by atoms with van der Waals surface area (Å²) in [4.78, 5) is 24.1. The van der Waals surface area contributed by atoms with Gasteiger partial charge in [-0.15, -0.1) is 0 Å². The smallest absolute Gasteiger partial charge is 0.259 e. The van der Waals surface area contributed by atoms with Crippen molar-refractivity contribution in [2.24, 2.45) is 5.10 Å². The summed E-state index contributed by atoms with van der Waals surface area (Å²) >= 11 is 0. The van der Waals surface area contributed by atoms with Crippen molar-refractivity contribution in [2.75, 3.05) is 6.54 Å². The van der Waals surface area contributed by atoms with E-state index in [0.29, 0.717) is 11.1 Å². The first-order valence-corrected chi connectivity index (χ1v) is 8.00. The number of phenols is 1. The van der Waals surface area contributed by atoms with Crippen molar-refractivity contribution in [1.82, 2.24) is 10.7 Å². The van der Waals surface area contributed by atoms with Gasteiger partial charge in [-0.1, -0.05) is 48.5 Å². The van der Waals surface area contributed by atoms with Gasteiger partial charge in [0.05, 0.1) is 12.8 Å². The molecule has 0 aliphatic rings. The van der Waals surface area contributed by atoms with E-state index in [1.165, 1.54) is 12.3 Å². The van der Waals surface area contributed by atoms with E-state index in [9.17, 15) is 14.7 Å². The minimum absolute atomic E-state index is 0.114. The molecule has 0 fully saturated rings. The summed E-state index contributed by atoms with van der Waals surface area (Å²) < 4.78 is 0. The Morgan fingerprint density at radius 2 is 1.77 bits per heavy atom. The summed E-state index contributed by atoms with van der Waals surface area (Å²) in [6.07, 6.45) is 1.41. The van der Waals surface area contributed by atoms with Crippen LogP contribution < -0.4 is 10.7 Å². The van der Waals surface area contributed by atoms with E-state index < -0.39 is 5.91 Å². The first-order valence-electron chi connectivity index (χ1n) is 8.00. The summed E-state index contributed by atoms with van der Waals surface area (Å²) in [5.41, 5.74) is 3.49. The molecule has 0 radical (unpaired) electrons. The molecule has 26 heavy (non-hydrogen) atoms. The number of hydrogen-bond donors (Lipinski definition) is 3. The van der Waals surface area contributed by atoms with Crippen LogP contribution in [0.4, 0.5) is 0 Å². The second-order valence-electron chi connectivity index (χ2n) is 5.60. The number of aromatic hydroxyl groups is 1. The van der Waals surface area contributed by atoms with Crippen molar-refractivity contribution in [3.05, 3.63) is 77.9 Å². The standard InChI is InChI=1S/C20H17N3O3/c24-16-8-3-5-14(11-16)12-22-23-19(25)13-21-20(26)18-10-4-7-15-6-1-2-9-17(15)18/h1-12,24H,13H2,(H,21,26)(H,23,25)/b22-12+. The number of phenolic OH excluding ortho intramolecular Hbond substituents is 1. The van der Waals surface area contributed by atoms with Crippen LogP contribution in [0.2, 0.25) is 0 Å². The molecule has 6 nitrogen and oxygen atoms in total. The highest BCUT2D eigenvalue weighted by molar-refractivity contribution is 6.07. The van der Waals surface area contributed by atoms with E-state index in [1.54, 1.807) is 30.3 Å². The van der Waals surface area contributed by atoms with Crippen LogP contribution in [0.25, 0.3) is 10.8 Å². The van der Waals surface area contributed by atoms with Gasteiger partial charge in [0, 0.05) is 5.56 Å². The Morgan fingerprint density at radius 1 is 1.00 bits per heavy atom. The summed E-state index contributed by atoms with van der Waals surface area (Å²) in [6, 6.07) is 19.5. The third-order valence-corrected chi connectivity index (χ3v) is 3.72. The highest BCUT2D eigenvalue weighted by atomic mass is 16.3. The second kappa shape index (κ2) is 7.94. The molecule has 3 rings (SSSR count). The molecule has 130 valence electrons. The maximum atomic E-state index is 12.3. The maximum absolute atomic E-state index is 12.3. The predicted octanol–water partition coefficient (Wildman–Crippen LogP) is 2.43. The van der Waals surface area contributed by atoms with Gasteiger partial charge in [0.25, 0.3) is 11.8 Å². The van der Waals surface area contributed by atoms with Crippen molar-refractivity contribution in [3.63, 3.8) is 0 Å². The predicted molar refractivity (Wildman–Crippen MR) is 100 cm³/mol. The first-order chi connectivity index (χ1) is 12.6. The second-order valence-corrected chi connectivity index (χ2v) is 5.60. The molecule has 0 atom stereocenters. The van der Waals surface area contributed by atoms with Gasteiger partial charge < -0.3 is 10.4 Å². The van der Waals surface area contributed by atoms with Gasteiger partial charge in [-0.05, 0) is 34.5 Å². The lowest BCUT2D eigenvalue weighted by Crippen LogP contribution is -2.35. The normalized spacial score (nSPS) is 10.8. The number of carbonyl (C=O) groups is 2. The Bertz CT molecular complexity index is 977. The van der Waals surface area contributed by atoms with Gasteiger partial charge in [0.1, 0.15) is 5.75 Å². The zero-order chi connectivity index (χ0) is 18.4. The Labute approximate surface area is 150 Å². The first kappa shape index (κ1) is 17.2. The number of nitrogens with zero attached hydrogens (tertiary/aromatic N) is 1. The van der Waals surface area contributed by atoms with Crippen LogP contribution in [-0.2, 0) is 4.79 Å². The third-order valence-electron chi connectivity index (χ3n) is 3.72. The van der Waals surface area contributed by atoms with Crippen molar-refractivity contribution in [3.8, 4) is 5.75 Å². The van der Waals surface area contributed by atoms with Gasteiger partial charge in [-0.3, -0.25) is 9.59 Å². The number of carbonyl (C=O) groups excluding carboxylic acids is 2. The van der Waals surface area contributed by atoms with Gasteiger partial charge in [0.15, 0.2) is 0 Å². The average Bonchev–Trinajstić information content (AvgIpc) is 2.66. The molecule has 0 aliphatic heterocycles. The maximum Gasteiger partial charge on any atom is 0.259 e. The highest BCUT2D eigenvalue weighted by Gasteiger charge is 2.10. The lowest BCUT2D eigenvalue weighted by molar-refractivity contribution is -0.120. The lowest BCUT2D eigenvalue weighted by atomic mass is 10.0. The van der Waals surface area contributed by atoms with Crippen LogP contribution in [-0.4, -0.2) is 29.7 Å². The quantitative estimate of drug-likeness (QED) is 0.489. The number of hydrogen-bond acceptors (Lipinski definition) is 4. The minimum Gasteiger partial charge on any atom is -0.508 e. The number of benzene rings is 3. The molecule has 2 amide bonds. The summed E-state index contributed by atoms with van der Waals surface area (Å²) in [5, 5.41) is 17.5. The fourth-order valence-corrected chi connectivity index (χ4v) is 2.50. The Hall–Kier alpha value is -3.67. The van der Waals surface area contributed by atoms with Crippen LogP contribution in [0.3, 0.4) is 0 Å². The molecule has 0 saturated carbocycles. The topological polar surface area (TPSA) is 90.8 Å². The Balaban J connectivity index is 1.56. The molecular formula is C20H17N3O3. The van der Waals surface area contributed by atoms with Crippen LogP contribution >= 0.6 is 0 Å². The largest absolute Gasteiger partial charge is 0.508 e. The summed E-state index contributed by atoms with van der Waals surface area (Å²) in [6.45, 7) is -0.195. The molecule has 3 aromatic carbocycles. The zero-order valence-corrected chi connectivity index (χ0v) is 13.8. The van der Waals surface area contributed by atoms with E-state index in [4.69, 9.17) is 0 Å². The highest BCUT2D eigenvalue weighted by Crippen LogP contribution is 2.18. The Kier molecular flexibility index (Phi) is 5.24. The molecule has 6 heteroatoms. The SMILES string of the molecule is O=C(CNC(=O)c1cccc2ccccc12)N/N=C/c1cccc(O)c1. The van der Waals surface area contributed by atoms with Crippen LogP contribution in [0.15, 0.2) is 71.8 Å². The van der Waals surface area contributed by atoms with Gasteiger partial charge in [-0.25, -0.2) is 5.43 Å². The average molecular weight is 347 g/mol. The summed E-state index contributed by atoms with van der Waals surface area (Å²) in [5.74, 6) is -0.661. The van der Waals surface area contributed by atoms with Gasteiger partial charge >= 0.3 is 0 Å². The zero-order valence-electron chi connectivity index (χ0n) is 13.8. The van der Waals surface area contributed by atoms with Crippen molar-refractivity contribution in [1.29, 1.82) is 0 Å². The molecule has 0 bridgehead atoms. The van der Waals surface area contributed by atoms with Gasteiger partial charge in [-0.2, -0.15) is 5.10 Å². The van der Waals surface area contributed by atoms with E-state index in [0.717, 1.165) is 10.8 Å². The molecule has 3 aromatic rings. The van der Waals surface area contributed by atoms with E-state index >= 15 is 0 Å². The number of amides is 2. The molecule has 0 aliphatic carbocycles. The van der Waals surface area contributed by atoms with E-state index in [-0.39, 0.29) is 18.2 Å². The van der Waals surface area contributed by atoms with E-state index in [2.05, 4.69) is 15.8 Å². The molecule has 0 heterocycles. The summed E-state index contributed by atoms with van der Waals surface area (Å²) in [7, 11) is 0. The van der Waals surface area contributed by atoms with Crippen molar-refractivity contribution < 1.29 is 14.7 Å². The van der Waals surface area contributed by atoms with E-state index in [1.807, 2.05) is 30.3 Å². The monoisotopic (exact) mass is 347 g/mol. The molecule has 3 N–H and O–H groups in total. The lowest BCUT2D eigenvalue weighted by Gasteiger charge is -2.07. The molecule has 0 aromatic heterocycles.